The van der Waals surface area contributed by atoms with Crippen molar-refractivity contribution >= 4 is 38.7 Å². The van der Waals surface area contributed by atoms with Gasteiger partial charge in [0.1, 0.15) is 4.90 Å². The van der Waals surface area contributed by atoms with Crippen LogP contribution in [0.15, 0.2) is 47.4 Å². The first-order valence-corrected chi connectivity index (χ1v) is 11.5. The first-order valence-electron chi connectivity index (χ1n) is 8.48. The zero-order valence-corrected chi connectivity index (χ0v) is 16.6. The standard InChI is InChI=1S/C18H21N3O4S2/c1-27(24,25)18-12-15(4-7-17(18)21(22)23)19-13-14-2-5-16(6-3-14)20-8-10-26-11-9-20/h2-7,12,19H,8-11,13H2,1H3. The van der Waals surface area contributed by atoms with E-state index in [4.69, 9.17) is 0 Å². The molecular formula is C18H21N3O4S2. The van der Waals surface area contributed by atoms with Crippen molar-refractivity contribution in [1.29, 1.82) is 0 Å². The normalized spacial score (nSPS) is 14.8. The molecule has 1 saturated heterocycles. The third kappa shape index (κ3) is 4.92. The Balaban J connectivity index is 1.70. The predicted octanol–water partition coefficient (Wildman–Crippen LogP) is 3.16. The summed E-state index contributed by atoms with van der Waals surface area (Å²) in [6, 6.07) is 12.3. The fraction of sp³-hybridized carbons (Fsp3) is 0.333. The van der Waals surface area contributed by atoms with Crippen molar-refractivity contribution in [1.82, 2.24) is 0 Å². The highest BCUT2D eigenvalue weighted by Gasteiger charge is 2.22. The molecule has 27 heavy (non-hydrogen) atoms. The van der Waals surface area contributed by atoms with E-state index in [1.807, 2.05) is 23.9 Å². The van der Waals surface area contributed by atoms with Crippen LogP contribution in [0, 0.1) is 10.1 Å². The number of nitrogens with one attached hydrogen (secondary N) is 1. The van der Waals surface area contributed by atoms with Crippen LogP contribution in [0.1, 0.15) is 5.56 Å². The molecule has 1 N–H and O–H groups in total. The number of hydrogen-bond acceptors (Lipinski definition) is 7. The Kier molecular flexibility index (Phi) is 5.91. The zero-order valence-electron chi connectivity index (χ0n) is 14.9. The van der Waals surface area contributed by atoms with Gasteiger partial charge >= 0.3 is 0 Å². The van der Waals surface area contributed by atoms with Gasteiger partial charge in [-0.15, -0.1) is 0 Å². The molecule has 0 unspecified atom stereocenters. The number of nitro groups is 1. The Morgan fingerprint density at radius 3 is 2.41 bits per heavy atom. The molecule has 7 nitrogen and oxygen atoms in total. The minimum Gasteiger partial charge on any atom is -0.381 e. The molecule has 1 aliphatic rings. The lowest BCUT2D eigenvalue weighted by atomic mass is 10.2. The maximum absolute atomic E-state index is 11.8. The number of anilines is 2. The second kappa shape index (κ2) is 8.18. The zero-order chi connectivity index (χ0) is 19.4. The van der Waals surface area contributed by atoms with E-state index in [0.29, 0.717) is 12.2 Å². The van der Waals surface area contributed by atoms with E-state index in [1.54, 1.807) is 0 Å². The third-order valence-corrected chi connectivity index (χ3v) is 6.43. The molecule has 0 bridgehead atoms. The molecule has 3 rings (SSSR count). The van der Waals surface area contributed by atoms with Gasteiger partial charge in [0, 0.05) is 54.8 Å². The SMILES string of the molecule is CS(=O)(=O)c1cc(NCc2ccc(N3CCSCC3)cc2)ccc1[N+](=O)[O-]. The number of rotatable bonds is 6. The Morgan fingerprint density at radius 1 is 1.15 bits per heavy atom. The third-order valence-electron chi connectivity index (χ3n) is 4.37. The van der Waals surface area contributed by atoms with Crippen LogP contribution >= 0.6 is 11.8 Å². The monoisotopic (exact) mass is 407 g/mol. The first kappa shape index (κ1) is 19.5. The molecule has 1 heterocycles. The lowest BCUT2D eigenvalue weighted by molar-refractivity contribution is -0.387. The average molecular weight is 408 g/mol. The van der Waals surface area contributed by atoms with E-state index in [1.165, 1.54) is 23.9 Å². The largest absolute Gasteiger partial charge is 0.381 e. The Labute approximate surface area is 162 Å². The quantitative estimate of drug-likeness (QED) is 0.581. The average Bonchev–Trinajstić information content (AvgIpc) is 2.66. The predicted molar refractivity (Wildman–Crippen MR) is 110 cm³/mol. The van der Waals surface area contributed by atoms with Gasteiger partial charge in [0.25, 0.3) is 5.69 Å². The van der Waals surface area contributed by atoms with E-state index in [9.17, 15) is 18.5 Å². The van der Waals surface area contributed by atoms with Crippen molar-refractivity contribution in [3.8, 4) is 0 Å². The van der Waals surface area contributed by atoms with E-state index >= 15 is 0 Å². The molecule has 0 atom stereocenters. The lowest BCUT2D eigenvalue weighted by Crippen LogP contribution is -2.32. The van der Waals surface area contributed by atoms with Crippen molar-refractivity contribution in [3.05, 3.63) is 58.1 Å². The Hall–Kier alpha value is -2.26. The number of nitro benzene ring substituents is 1. The van der Waals surface area contributed by atoms with Crippen LogP contribution < -0.4 is 10.2 Å². The summed E-state index contributed by atoms with van der Waals surface area (Å²) in [6.07, 6.45) is 0.969. The van der Waals surface area contributed by atoms with Crippen molar-refractivity contribution in [2.75, 3.05) is 41.1 Å². The molecule has 0 aromatic heterocycles. The van der Waals surface area contributed by atoms with E-state index in [2.05, 4.69) is 22.3 Å². The molecule has 2 aromatic rings. The summed E-state index contributed by atoms with van der Waals surface area (Å²) >= 11 is 1.97. The van der Waals surface area contributed by atoms with E-state index < -0.39 is 20.4 Å². The summed E-state index contributed by atoms with van der Waals surface area (Å²) in [5, 5.41) is 14.2. The fourth-order valence-corrected chi connectivity index (χ4v) is 4.69. The molecule has 1 fully saturated rings. The van der Waals surface area contributed by atoms with Crippen molar-refractivity contribution in [2.45, 2.75) is 11.4 Å². The maximum Gasteiger partial charge on any atom is 0.288 e. The Morgan fingerprint density at radius 2 is 1.81 bits per heavy atom. The van der Waals surface area contributed by atoms with Crippen LogP contribution in [0.2, 0.25) is 0 Å². The molecule has 9 heteroatoms. The summed E-state index contributed by atoms with van der Waals surface area (Å²) in [7, 11) is -3.69. The van der Waals surface area contributed by atoms with Gasteiger partial charge in [0.2, 0.25) is 0 Å². The molecule has 0 aliphatic carbocycles. The molecule has 144 valence electrons. The lowest BCUT2D eigenvalue weighted by Gasteiger charge is -2.28. The van der Waals surface area contributed by atoms with Crippen molar-refractivity contribution < 1.29 is 13.3 Å². The van der Waals surface area contributed by atoms with Gasteiger partial charge in [0.15, 0.2) is 9.84 Å². The van der Waals surface area contributed by atoms with Gasteiger partial charge < -0.3 is 10.2 Å². The molecule has 0 spiro atoms. The highest BCUT2D eigenvalue weighted by molar-refractivity contribution is 7.99. The van der Waals surface area contributed by atoms with Crippen LogP contribution in [-0.2, 0) is 16.4 Å². The number of sulfone groups is 1. The number of benzene rings is 2. The van der Waals surface area contributed by atoms with Crippen molar-refractivity contribution in [2.24, 2.45) is 0 Å². The fourth-order valence-electron chi connectivity index (χ4n) is 2.92. The van der Waals surface area contributed by atoms with Crippen LogP contribution in [0.3, 0.4) is 0 Å². The number of hydrogen-bond donors (Lipinski definition) is 1. The van der Waals surface area contributed by atoms with Gasteiger partial charge in [-0.1, -0.05) is 12.1 Å². The highest BCUT2D eigenvalue weighted by Crippen LogP contribution is 2.27. The minimum atomic E-state index is -3.69. The minimum absolute atomic E-state index is 0.282. The van der Waals surface area contributed by atoms with Crippen molar-refractivity contribution in [3.63, 3.8) is 0 Å². The van der Waals surface area contributed by atoms with Gasteiger partial charge in [-0.2, -0.15) is 11.8 Å². The number of thioether (sulfide) groups is 1. The van der Waals surface area contributed by atoms with Crippen LogP contribution in [0.5, 0.6) is 0 Å². The maximum atomic E-state index is 11.8. The topological polar surface area (TPSA) is 92.6 Å². The second-order valence-electron chi connectivity index (χ2n) is 6.33. The second-order valence-corrected chi connectivity index (χ2v) is 9.54. The van der Waals surface area contributed by atoms with E-state index in [0.717, 1.165) is 36.4 Å². The molecule has 0 radical (unpaired) electrons. The smallest absolute Gasteiger partial charge is 0.288 e. The van der Waals surface area contributed by atoms with Crippen LogP contribution in [0.25, 0.3) is 0 Å². The van der Waals surface area contributed by atoms with E-state index in [-0.39, 0.29) is 4.90 Å². The molecule has 0 amide bonds. The van der Waals surface area contributed by atoms with Gasteiger partial charge in [0.05, 0.1) is 4.92 Å². The van der Waals surface area contributed by atoms with Gasteiger partial charge in [-0.05, 0) is 29.8 Å². The first-order chi connectivity index (χ1) is 12.8. The number of nitrogens with zero attached hydrogens (tertiary/aromatic N) is 2. The summed E-state index contributed by atoms with van der Waals surface area (Å²) in [5.74, 6) is 2.29. The summed E-state index contributed by atoms with van der Waals surface area (Å²) < 4.78 is 23.7. The van der Waals surface area contributed by atoms with Gasteiger partial charge in [-0.25, -0.2) is 8.42 Å². The van der Waals surface area contributed by atoms with Crippen LogP contribution in [-0.4, -0.2) is 44.2 Å². The molecule has 1 aliphatic heterocycles. The summed E-state index contributed by atoms with van der Waals surface area (Å²) in [4.78, 5) is 12.4. The molecule has 0 saturated carbocycles. The summed E-state index contributed by atoms with van der Waals surface area (Å²) in [6.45, 7) is 2.61. The summed E-state index contributed by atoms with van der Waals surface area (Å²) in [5.41, 5.74) is 2.36. The highest BCUT2D eigenvalue weighted by atomic mass is 32.2. The van der Waals surface area contributed by atoms with Gasteiger partial charge in [-0.3, -0.25) is 10.1 Å². The Bertz CT molecular complexity index is 924. The molecular weight excluding hydrogens is 386 g/mol. The van der Waals surface area contributed by atoms with Crippen LogP contribution in [0.4, 0.5) is 17.1 Å². The molecule has 2 aromatic carbocycles.